The van der Waals surface area contributed by atoms with Crippen molar-refractivity contribution in [2.24, 2.45) is 0 Å². The first-order valence-electron chi connectivity index (χ1n) is 10.8. The van der Waals surface area contributed by atoms with E-state index in [-0.39, 0.29) is 29.6 Å². The Hall–Kier alpha value is -3.15. The van der Waals surface area contributed by atoms with E-state index in [2.05, 4.69) is 15.6 Å². The van der Waals surface area contributed by atoms with E-state index < -0.39 is 41.7 Å². The second-order valence-corrected chi connectivity index (χ2v) is 8.35. The average molecular weight is 495 g/mol. The number of aliphatic hydroxyl groups excluding tert-OH is 1. The molecule has 0 saturated carbocycles. The van der Waals surface area contributed by atoms with Gasteiger partial charge in [-0.3, -0.25) is 23.9 Å². The van der Waals surface area contributed by atoms with Gasteiger partial charge in [-0.25, -0.2) is 4.79 Å². The summed E-state index contributed by atoms with van der Waals surface area (Å²) in [6.07, 6.45) is -1.39. The fourth-order valence-electron chi connectivity index (χ4n) is 3.53. The molecular weight excluding hydrogens is 468 g/mol. The van der Waals surface area contributed by atoms with Crippen molar-refractivity contribution in [3.05, 3.63) is 55.8 Å². The zero-order chi connectivity index (χ0) is 25.0. The van der Waals surface area contributed by atoms with Gasteiger partial charge in [-0.1, -0.05) is 18.5 Å². The lowest BCUT2D eigenvalue weighted by Gasteiger charge is -2.19. The number of nitrogens with zero attached hydrogens (tertiary/aromatic N) is 1. The Morgan fingerprint density at radius 1 is 1.38 bits per heavy atom. The molecule has 1 aliphatic rings. The van der Waals surface area contributed by atoms with Crippen molar-refractivity contribution in [1.29, 1.82) is 0 Å². The summed E-state index contributed by atoms with van der Waals surface area (Å²) in [4.78, 5) is 49.8. The smallest absolute Gasteiger partial charge is 0.330 e. The van der Waals surface area contributed by atoms with Gasteiger partial charge in [-0.15, -0.1) is 0 Å². The second kappa shape index (κ2) is 10.9. The lowest BCUT2D eigenvalue weighted by atomic mass is 10.1. The molecule has 3 rings (SSSR count). The molecule has 1 unspecified atom stereocenters. The fraction of sp³-hybridized carbons (Fsp3) is 0.455. The fourth-order valence-corrected chi connectivity index (χ4v) is 3.75. The maximum atomic E-state index is 12.5. The minimum Gasteiger partial charge on any atom is -0.479 e. The molecule has 34 heavy (non-hydrogen) atoms. The Kier molecular flexibility index (Phi) is 8.13. The molecule has 0 bridgehead atoms. The summed E-state index contributed by atoms with van der Waals surface area (Å²) in [6, 6.07) is 4.64. The third kappa shape index (κ3) is 6.04. The van der Waals surface area contributed by atoms with Crippen molar-refractivity contribution in [1.82, 2.24) is 14.9 Å². The predicted octanol–water partition coefficient (Wildman–Crippen LogP) is 0.943. The van der Waals surface area contributed by atoms with Crippen LogP contribution in [0.25, 0.3) is 0 Å². The van der Waals surface area contributed by atoms with Crippen LogP contribution in [0.2, 0.25) is 5.02 Å². The van der Waals surface area contributed by atoms with Crippen LogP contribution in [0.5, 0.6) is 5.75 Å². The van der Waals surface area contributed by atoms with Crippen molar-refractivity contribution in [2.45, 2.75) is 58.2 Å². The summed E-state index contributed by atoms with van der Waals surface area (Å²) in [5.74, 6) is -0.442. The van der Waals surface area contributed by atoms with Crippen molar-refractivity contribution in [3.63, 3.8) is 0 Å². The van der Waals surface area contributed by atoms with E-state index in [1.807, 2.05) is 0 Å². The van der Waals surface area contributed by atoms with E-state index >= 15 is 0 Å². The van der Waals surface area contributed by atoms with E-state index in [0.29, 0.717) is 17.7 Å². The molecule has 11 nitrogen and oxygen atoms in total. The molecule has 1 aromatic carbocycles. The highest BCUT2D eigenvalue weighted by molar-refractivity contribution is 6.32. The van der Waals surface area contributed by atoms with Gasteiger partial charge in [0, 0.05) is 37.3 Å². The Bertz CT molecular complexity index is 1180. The third-order valence-electron chi connectivity index (χ3n) is 5.34. The molecule has 0 spiro atoms. The van der Waals surface area contributed by atoms with Gasteiger partial charge in [0.25, 0.3) is 11.5 Å². The highest BCUT2D eigenvalue weighted by atomic mass is 35.5. The van der Waals surface area contributed by atoms with Crippen LogP contribution in [0.3, 0.4) is 0 Å². The largest absolute Gasteiger partial charge is 0.479 e. The molecule has 12 heteroatoms. The number of halogens is 1. The number of H-pyrrole nitrogens is 1. The normalized spacial score (nSPS) is 20.6. The third-order valence-corrected chi connectivity index (χ3v) is 5.63. The van der Waals surface area contributed by atoms with E-state index in [0.717, 1.165) is 0 Å². The molecule has 2 heterocycles. The first-order chi connectivity index (χ1) is 16.1. The summed E-state index contributed by atoms with van der Waals surface area (Å²) in [7, 11) is 0. The SMILES string of the molecule is CCc1cn([C@H]2C[C@H](O)[C@@H](CNC(=O)C(C)Oc3ccc(NC(C)=O)cc3Cl)O2)c(=O)[nH]c1=O. The average Bonchev–Trinajstić information content (AvgIpc) is 3.13. The quantitative estimate of drug-likeness (QED) is 0.426. The monoisotopic (exact) mass is 494 g/mol. The van der Waals surface area contributed by atoms with Crippen molar-refractivity contribution in [2.75, 3.05) is 11.9 Å². The molecule has 1 aliphatic heterocycles. The molecule has 1 saturated heterocycles. The highest BCUT2D eigenvalue weighted by Gasteiger charge is 2.36. The molecule has 184 valence electrons. The number of hydrogen-bond donors (Lipinski definition) is 4. The molecule has 4 N–H and O–H groups in total. The molecule has 2 amide bonds. The van der Waals surface area contributed by atoms with Crippen LogP contribution in [-0.2, 0) is 20.7 Å². The van der Waals surface area contributed by atoms with Crippen LogP contribution in [0, 0.1) is 0 Å². The highest BCUT2D eigenvalue weighted by Crippen LogP contribution is 2.29. The summed E-state index contributed by atoms with van der Waals surface area (Å²) >= 11 is 6.17. The van der Waals surface area contributed by atoms with Crippen LogP contribution in [0.4, 0.5) is 5.69 Å². The standard InChI is InChI=1S/C22H27ClN4O7/c1-4-13-10-27(22(32)26-21(13)31)19-8-16(29)18(34-19)9-24-20(30)11(2)33-17-6-5-14(7-15(17)23)25-12(3)28/h5-7,10-11,16,18-19,29H,4,8-9H2,1-3H3,(H,24,30)(H,25,28)(H,26,31,32)/t11?,16-,18+,19+/m0/s1. The molecule has 1 aromatic heterocycles. The summed E-state index contributed by atoms with van der Waals surface area (Å²) in [6.45, 7) is 4.68. The zero-order valence-electron chi connectivity index (χ0n) is 19.0. The summed E-state index contributed by atoms with van der Waals surface area (Å²) in [5, 5.41) is 15.8. The van der Waals surface area contributed by atoms with Gasteiger partial charge in [0.1, 0.15) is 18.1 Å². The number of rotatable bonds is 8. The molecule has 0 radical (unpaired) electrons. The Labute approximate surface area is 200 Å². The number of ether oxygens (including phenoxy) is 2. The van der Waals surface area contributed by atoms with Gasteiger partial charge >= 0.3 is 5.69 Å². The molecule has 0 aliphatic carbocycles. The number of nitrogens with one attached hydrogen (secondary N) is 3. The van der Waals surface area contributed by atoms with Crippen molar-refractivity contribution >= 4 is 29.1 Å². The van der Waals surface area contributed by atoms with Gasteiger partial charge in [0.2, 0.25) is 5.91 Å². The van der Waals surface area contributed by atoms with Crippen LogP contribution < -0.4 is 26.6 Å². The van der Waals surface area contributed by atoms with Gasteiger partial charge in [-0.05, 0) is 31.5 Å². The lowest BCUT2D eigenvalue weighted by Crippen LogP contribution is -2.42. The van der Waals surface area contributed by atoms with Crippen LogP contribution in [0.1, 0.15) is 39.0 Å². The molecule has 1 fully saturated rings. The Balaban J connectivity index is 1.57. The molecular formula is C22H27ClN4O7. The van der Waals surface area contributed by atoms with Crippen LogP contribution in [-0.4, -0.2) is 51.3 Å². The summed E-state index contributed by atoms with van der Waals surface area (Å²) < 4.78 is 12.6. The number of aromatic amines is 1. The van der Waals surface area contributed by atoms with Gasteiger partial charge in [-0.2, -0.15) is 0 Å². The van der Waals surface area contributed by atoms with E-state index in [4.69, 9.17) is 21.1 Å². The number of aryl methyl sites for hydroxylation is 1. The van der Waals surface area contributed by atoms with E-state index in [1.165, 1.54) is 36.7 Å². The maximum absolute atomic E-state index is 12.5. The minimum absolute atomic E-state index is 0.0157. The molecule has 2 aromatic rings. The zero-order valence-corrected chi connectivity index (χ0v) is 19.7. The number of aromatic nitrogens is 2. The number of amides is 2. The van der Waals surface area contributed by atoms with Crippen LogP contribution >= 0.6 is 11.6 Å². The number of carbonyl (C=O) groups is 2. The predicted molar refractivity (Wildman–Crippen MR) is 124 cm³/mol. The number of anilines is 1. The maximum Gasteiger partial charge on any atom is 0.330 e. The van der Waals surface area contributed by atoms with Crippen molar-refractivity contribution < 1.29 is 24.2 Å². The Morgan fingerprint density at radius 2 is 2.12 bits per heavy atom. The lowest BCUT2D eigenvalue weighted by molar-refractivity contribution is -0.128. The minimum atomic E-state index is -0.929. The van der Waals surface area contributed by atoms with Gasteiger partial charge < -0.3 is 25.2 Å². The first-order valence-corrected chi connectivity index (χ1v) is 11.2. The number of carbonyl (C=O) groups excluding carboxylic acids is 2. The topological polar surface area (TPSA) is 152 Å². The second-order valence-electron chi connectivity index (χ2n) is 7.94. The summed E-state index contributed by atoms with van der Waals surface area (Å²) in [5.41, 5.74) is -0.168. The Morgan fingerprint density at radius 3 is 2.76 bits per heavy atom. The van der Waals surface area contributed by atoms with Crippen LogP contribution in [0.15, 0.2) is 34.0 Å². The van der Waals surface area contributed by atoms with Gasteiger partial charge in [0.15, 0.2) is 6.10 Å². The number of benzene rings is 1. The first kappa shape index (κ1) is 25.5. The van der Waals surface area contributed by atoms with Gasteiger partial charge in [0.05, 0.1) is 11.1 Å². The van der Waals surface area contributed by atoms with E-state index in [1.54, 1.807) is 13.0 Å². The molecule has 4 atom stereocenters. The number of aliphatic hydroxyl groups is 1. The van der Waals surface area contributed by atoms with Crippen molar-refractivity contribution in [3.8, 4) is 5.75 Å². The van der Waals surface area contributed by atoms with E-state index in [9.17, 15) is 24.3 Å². The number of hydrogen-bond acceptors (Lipinski definition) is 7.